The molecule has 0 atom stereocenters. The minimum Gasteiger partial charge on any atom is -0.492 e. The van der Waals surface area contributed by atoms with Crippen LogP contribution < -0.4 is 15.4 Å². The first-order chi connectivity index (χ1) is 14.4. The molecule has 2 aromatic rings. The smallest absolute Gasteiger partial charge is 0.255 e. The summed E-state index contributed by atoms with van der Waals surface area (Å²) in [4.78, 5) is 25.0. The largest absolute Gasteiger partial charge is 0.492 e. The predicted molar refractivity (Wildman–Crippen MR) is 123 cm³/mol. The van der Waals surface area contributed by atoms with E-state index in [0.717, 1.165) is 17.3 Å². The van der Waals surface area contributed by atoms with Crippen molar-refractivity contribution in [1.29, 1.82) is 0 Å². The van der Waals surface area contributed by atoms with Gasteiger partial charge in [-0.1, -0.05) is 33.1 Å². The fourth-order valence-electron chi connectivity index (χ4n) is 3.44. The molecule has 1 fully saturated rings. The summed E-state index contributed by atoms with van der Waals surface area (Å²) in [5, 5.41) is 5.98. The van der Waals surface area contributed by atoms with Gasteiger partial charge in [0.05, 0.1) is 11.1 Å². The summed E-state index contributed by atoms with van der Waals surface area (Å²) in [6, 6.07) is 12.5. The number of carbonyl (C=O) groups excluding carboxylic acids is 2. The number of amides is 2. The van der Waals surface area contributed by atoms with Gasteiger partial charge in [0.25, 0.3) is 11.8 Å². The number of ether oxygens (including phenoxy) is 1. The Morgan fingerprint density at radius 1 is 1.00 bits per heavy atom. The van der Waals surface area contributed by atoms with Gasteiger partial charge in [-0.25, -0.2) is 0 Å². The molecule has 0 unspecified atom stereocenters. The second-order valence-electron chi connectivity index (χ2n) is 8.19. The number of halogens is 1. The lowest BCUT2D eigenvalue weighted by Gasteiger charge is -2.22. The van der Waals surface area contributed by atoms with E-state index < -0.39 is 0 Å². The molecule has 1 aliphatic rings. The molecule has 0 radical (unpaired) electrons. The Kier molecular flexibility index (Phi) is 7.91. The molecular formula is C24H29BrN2O3. The molecule has 2 amide bonds. The highest BCUT2D eigenvalue weighted by Crippen LogP contribution is 2.27. The fraction of sp³-hybridized carbons (Fsp3) is 0.417. The molecule has 0 bridgehead atoms. The van der Waals surface area contributed by atoms with Gasteiger partial charge in [0.15, 0.2) is 0 Å². The van der Waals surface area contributed by atoms with Crippen LogP contribution in [0.2, 0.25) is 0 Å². The van der Waals surface area contributed by atoms with Crippen molar-refractivity contribution in [3.63, 3.8) is 0 Å². The van der Waals surface area contributed by atoms with Gasteiger partial charge in [-0.15, -0.1) is 0 Å². The molecule has 2 N–H and O–H groups in total. The third kappa shape index (κ3) is 6.33. The molecular weight excluding hydrogens is 444 g/mol. The van der Waals surface area contributed by atoms with Crippen molar-refractivity contribution in [2.24, 2.45) is 5.92 Å². The number of benzene rings is 2. The molecule has 2 aromatic carbocycles. The summed E-state index contributed by atoms with van der Waals surface area (Å²) in [6.07, 6.45) is 5.71. The molecule has 0 spiro atoms. The molecule has 1 aliphatic carbocycles. The van der Waals surface area contributed by atoms with E-state index in [1.807, 2.05) is 0 Å². The van der Waals surface area contributed by atoms with Crippen molar-refractivity contribution < 1.29 is 14.3 Å². The third-order valence-corrected chi connectivity index (χ3v) is 5.73. The van der Waals surface area contributed by atoms with E-state index in [2.05, 4.69) is 40.4 Å². The maximum absolute atomic E-state index is 12.6. The molecule has 160 valence electrons. The first kappa shape index (κ1) is 22.3. The van der Waals surface area contributed by atoms with Crippen molar-refractivity contribution in [2.45, 2.75) is 52.0 Å². The minimum atomic E-state index is -0.217. The Hall–Kier alpha value is -2.34. The lowest BCUT2D eigenvalue weighted by atomic mass is 9.95. The van der Waals surface area contributed by atoms with E-state index in [0.29, 0.717) is 35.1 Å². The maximum atomic E-state index is 12.6. The van der Waals surface area contributed by atoms with Crippen LogP contribution in [0.25, 0.3) is 0 Å². The SMILES string of the molecule is CC(C)COc1ccc(C(=O)Nc2ccc(C(=O)NC3CCCCC3)cc2)cc1Br. The molecule has 1 saturated carbocycles. The molecule has 3 rings (SSSR count). The third-order valence-electron chi connectivity index (χ3n) is 5.11. The highest BCUT2D eigenvalue weighted by Gasteiger charge is 2.17. The van der Waals surface area contributed by atoms with Gasteiger partial charge in [-0.3, -0.25) is 9.59 Å². The first-order valence-electron chi connectivity index (χ1n) is 10.6. The van der Waals surface area contributed by atoms with Crippen LogP contribution in [-0.4, -0.2) is 24.5 Å². The topological polar surface area (TPSA) is 67.4 Å². The molecule has 5 nitrogen and oxygen atoms in total. The van der Waals surface area contributed by atoms with Crippen LogP contribution in [0, 0.1) is 5.92 Å². The molecule has 0 aliphatic heterocycles. The summed E-state index contributed by atoms with van der Waals surface area (Å²) >= 11 is 3.47. The summed E-state index contributed by atoms with van der Waals surface area (Å²) < 4.78 is 6.47. The van der Waals surface area contributed by atoms with Crippen molar-refractivity contribution in [3.05, 3.63) is 58.1 Å². The zero-order valence-corrected chi connectivity index (χ0v) is 19.1. The second kappa shape index (κ2) is 10.6. The summed E-state index contributed by atoms with van der Waals surface area (Å²) in [6.45, 7) is 4.78. The van der Waals surface area contributed by atoms with E-state index >= 15 is 0 Å². The highest BCUT2D eigenvalue weighted by atomic mass is 79.9. The summed E-state index contributed by atoms with van der Waals surface area (Å²) in [5.41, 5.74) is 1.77. The van der Waals surface area contributed by atoms with Gasteiger partial charge in [0.2, 0.25) is 0 Å². The van der Waals surface area contributed by atoms with Gasteiger partial charge in [-0.05, 0) is 77.2 Å². The lowest BCUT2D eigenvalue weighted by molar-refractivity contribution is 0.0927. The van der Waals surface area contributed by atoms with E-state index in [9.17, 15) is 9.59 Å². The van der Waals surface area contributed by atoms with E-state index in [1.54, 1.807) is 42.5 Å². The van der Waals surface area contributed by atoms with Crippen molar-refractivity contribution in [1.82, 2.24) is 5.32 Å². The van der Waals surface area contributed by atoms with E-state index in [4.69, 9.17) is 4.74 Å². The zero-order chi connectivity index (χ0) is 21.5. The Balaban J connectivity index is 1.57. The lowest BCUT2D eigenvalue weighted by Crippen LogP contribution is -2.36. The Morgan fingerprint density at radius 2 is 1.67 bits per heavy atom. The summed E-state index contributed by atoms with van der Waals surface area (Å²) in [7, 11) is 0. The fourth-order valence-corrected chi connectivity index (χ4v) is 3.93. The molecule has 0 heterocycles. The number of nitrogens with one attached hydrogen (secondary N) is 2. The van der Waals surface area contributed by atoms with Gasteiger partial charge in [0.1, 0.15) is 5.75 Å². The number of anilines is 1. The van der Waals surface area contributed by atoms with Crippen molar-refractivity contribution in [3.8, 4) is 5.75 Å². The average Bonchev–Trinajstić information content (AvgIpc) is 2.74. The second-order valence-corrected chi connectivity index (χ2v) is 9.04. The monoisotopic (exact) mass is 472 g/mol. The predicted octanol–water partition coefficient (Wildman–Crippen LogP) is 5.80. The average molecular weight is 473 g/mol. The highest BCUT2D eigenvalue weighted by molar-refractivity contribution is 9.10. The molecule has 6 heteroatoms. The summed E-state index contributed by atoms with van der Waals surface area (Å²) in [5.74, 6) is 0.868. The Morgan fingerprint density at radius 3 is 2.30 bits per heavy atom. The van der Waals surface area contributed by atoms with Crippen LogP contribution in [0.4, 0.5) is 5.69 Å². The number of carbonyl (C=O) groups is 2. The molecule has 30 heavy (non-hydrogen) atoms. The molecule has 0 saturated heterocycles. The van der Waals surface area contributed by atoms with Crippen LogP contribution in [-0.2, 0) is 0 Å². The van der Waals surface area contributed by atoms with Crippen LogP contribution in [0.5, 0.6) is 5.75 Å². The van der Waals surface area contributed by atoms with Crippen molar-refractivity contribution in [2.75, 3.05) is 11.9 Å². The van der Waals surface area contributed by atoms with Crippen molar-refractivity contribution >= 4 is 33.4 Å². The Bertz CT molecular complexity index is 875. The normalized spacial score (nSPS) is 14.4. The quantitative estimate of drug-likeness (QED) is 0.534. The van der Waals surface area contributed by atoms with Crippen LogP contribution in [0.3, 0.4) is 0 Å². The van der Waals surface area contributed by atoms with E-state index in [-0.39, 0.29) is 17.9 Å². The van der Waals surface area contributed by atoms with Gasteiger partial charge >= 0.3 is 0 Å². The Labute approximate surface area is 186 Å². The van der Waals surface area contributed by atoms with Gasteiger partial charge in [-0.2, -0.15) is 0 Å². The number of hydrogen-bond donors (Lipinski definition) is 2. The minimum absolute atomic E-state index is 0.0549. The standard InChI is InChI=1S/C24H29BrN2O3/c1-16(2)15-30-22-13-10-18(14-21(22)25)24(29)27-20-11-8-17(9-12-20)23(28)26-19-6-4-3-5-7-19/h8-14,16,19H,3-7,15H2,1-2H3,(H,26,28)(H,27,29). The molecule has 0 aromatic heterocycles. The maximum Gasteiger partial charge on any atom is 0.255 e. The number of hydrogen-bond acceptors (Lipinski definition) is 3. The van der Waals surface area contributed by atoms with E-state index in [1.165, 1.54) is 19.3 Å². The van der Waals surface area contributed by atoms with Crippen LogP contribution >= 0.6 is 15.9 Å². The van der Waals surface area contributed by atoms with Crippen LogP contribution in [0.1, 0.15) is 66.7 Å². The van der Waals surface area contributed by atoms with Crippen LogP contribution in [0.15, 0.2) is 46.9 Å². The number of rotatable bonds is 7. The van der Waals surface area contributed by atoms with Gasteiger partial charge in [0, 0.05) is 22.9 Å². The van der Waals surface area contributed by atoms with Gasteiger partial charge < -0.3 is 15.4 Å². The first-order valence-corrected chi connectivity index (χ1v) is 11.4. The zero-order valence-electron chi connectivity index (χ0n) is 17.5.